The van der Waals surface area contributed by atoms with Crippen LogP contribution in [0.25, 0.3) is 0 Å². The second-order valence-electron chi connectivity index (χ2n) is 5.34. The number of amides is 1. The van der Waals surface area contributed by atoms with Gasteiger partial charge in [0.2, 0.25) is 5.91 Å². The molecule has 0 aromatic heterocycles. The Balaban J connectivity index is 1.90. The van der Waals surface area contributed by atoms with Gasteiger partial charge in [-0.05, 0) is 43.0 Å². The van der Waals surface area contributed by atoms with Crippen molar-refractivity contribution in [1.29, 1.82) is 0 Å². The van der Waals surface area contributed by atoms with Crippen LogP contribution in [0.4, 0.5) is 8.78 Å². The van der Waals surface area contributed by atoms with Crippen molar-refractivity contribution in [3.8, 4) is 0 Å². The molecule has 3 N–H and O–H groups in total. The lowest BCUT2D eigenvalue weighted by Gasteiger charge is -2.34. The van der Waals surface area contributed by atoms with Crippen LogP contribution in [-0.2, 0) is 16.0 Å². The molecule has 1 aromatic rings. The fourth-order valence-corrected chi connectivity index (χ4v) is 2.52. The molecular weight excluding hydrogens is 278 g/mol. The molecule has 1 amide bonds. The van der Waals surface area contributed by atoms with E-state index in [1.165, 1.54) is 0 Å². The van der Waals surface area contributed by atoms with E-state index in [-0.39, 0.29) is 31.0 Å². The maximum atomic E-state index is 13.5. The number of halogens is 2. The molecule has 2 rings (SSSR count). The Morgan fingerprint density at radius 2 is 2.05 bits per heavy atom. The van der Waals surface area contributed by atoms with E-state index in [2.05, 4.69) is 5.32 Å². The summed E-state index contributed by atoms with van der Waals surface area (Å²) in [6, 6.07) is 3.31. The molecule has 1 aliphatic rings. The second kappa shape index (κ2) is 6.95. The summed E-state index contributed by atoms with van der Waals surface area (Å²) >= 11 is 0. The molecule has 1 heterocycles. The molecule has 0 radical (unpaired) electrons. The van der Waals surface area contributed by atoms with E-state index < -0.39 is 17.0 Å². The highest BCUT2D eigenvalue weighted by Crippen LogP contribution is 2.29. The van der Waals surface area contributed by atoms with Crippen molar-refractivity contribution in [2.24, 2.45) is 11.1 Å². The highest BCUT2D eigenvalue weighted by atomic mass is 19.1. The van der Waals surface area contributed by atoms with E-state index >= 15 is 0 Å². The molecule has 1 saturated heterocycles. The molecule has 1 aromatic carbocycles. The van der Waals surface area contributed by atoms with Crippen LogP contribution in [0.1, 0.15) is 18.4 Å². The van der Waals surface area contributed by atoms with E-state index in [0.29, 0.717) is 26.1 Å². The van der Waals surface area contributed by atoms with Gasteiger partial charge in [-0.2, -0.15) is 0 Å². The molecule has 6 heteroatoms. The average Bonchev–Trinajstić information content (AvgIpc) is 2.51. The number of benzene rings is 1. The predicted molar refractivity (Wildman–Crippen MR) is 74.6 cm³/mol. The van der Waals surface area contributed by atoms with Gasteiger partial charge >= 0.3 is 0 Å². The van der Waals surface area contributed by atoms with Gasteiger partial charge in [0.15, 0.2) is 0 Å². The van der Waals surface area contributed by atoms with Crippen molar-refractivity contribution in [2.45, 2.75) is 19.3 Å². The summed E-state index contributed by atoms with van der Waals surface area (Å²) in [5.74, 6) is -1.09. The first-order valence-corrected chi connectivity index (χ1v) is 7.07. The third kappa shape index (κ3) is 3.77. The Kier molecular flexibility index (Phi) is 5.25. The van der Waals surface area contributed by atoms with Crippen molar-refractivity contribution < 1.29 is 18.3 Å². The number of nitrogens with one attached hydrogen (secondary N) is 1. The van der Waals surface area contributed by atoms with Gasteiger partial charge in [0.1, 0.15) is 11.6 Å². The molecule has 0 spiro atoms. The molecule has 0 unspecified atom stereocenters. The van der Waals surface area contributed by atoms with Gasteiger partial charge in [-0.3, -0.25) is 4.79 Å². The molecule has 21 heavy (non-hydrogen) atoms. The second-order valence-corrected chi connectivity index (χ2v) is 5.34. The molecule has 1 fully saturated rings. The maximum Gasteiger partial charge on any atom is 0.227 e. The van der Waals surface area contributed by atoms with E-state index in [4.69, 9.17) is 10.5 Å². The van der Waals surface area contributed by atoms with E-state index in [0.717, 1.165) is 18.2 Å². The summed E-state index contributed by atoms with van der Waals surface area (Å²) in [7, 11) is 0. The van der Waals surface area contributed by atoms with Gasteiger partial charge in [0.25, 0.3) is 0 Å². The summed E-state index contributed by atoms with van der Waals surface area (Å²) in [4.78, 5) is 12.3. The third-order valence-electron chi connectivity index (χ3n) is 4.01. The number of hydrogen-bond donors (Lipinski definition) is 2. The quantitative estimate of drug-likeness (QED) is 0.863. The lowest BCUT2D eigenvalue weighted by atomic mass is 9.79. The SMILES string of the molecule is NCC1(C(=O)NCCc2cc(F)ccc2F)CCOCC1. The van der Waals surface area contributed by atoms with E-state index in [9.17, 15) is 13.6 Å². The fourth-order valence-electron chi connectivity index (χ4n) is 2.52. The third-order valence-corrected chi connectivity index (χ3v) is 4.01. The average molecular weight is 298 g/mol. The van der Waals surface area contributed by atoms with Crippen LogP contribution in [0.5, 0.6) is 0 Å². The van der Waals surface area contributed by atoms with Crippen LogP contribution < -0.4 is 11.1 Å². The van der Waals surface area contributed by atoms with Crippen molar-refractivity contribution >= 4 is 5.91 Å². The Morgan fingerprint density at radius 3 is 2.71 bits per heavy atom. The van der Waals surface area contributed by atoms with Crippen LogP contribution >= 0.6 is 0 Å². The maximum absolute atomic E-state index is 13.5. The normalized spacial score (nSPS) is 17.5. The molecule has 116 valence electrons. The zero-order chi connectivity index (χ0) is 15.3. The van der Waals surface area contributed by atoms with Crippen molar-refractivity contribution in [3.05, 3.63) is 35.4 Å². The molecule has 1 aliphatic heterocycles. The summed E-state index contributed by atoms with van der Waals surface area (Å²) < 4.78 is 31.8. The van der Waals surface area contributed by atoms with E-state index in [1.807, 2.05) is 0 Å². The molecule has 0 saturated carbocycles. The van der Waals surface area contributed by atoms with Gasteiger partial charge < -0.3 is 15.8 Å². The number of ether oxygens (including phenoxy) is 1. The topological polar surface area (TPSA) is 64.4 Å². The molecular formula is C15H20F2N2O2. The largest absolute Gasteiger partial charge is 0.381 e. The molecule has 0 atom stereocenters. The summed E-state index contributed by atoms with van der Waals surface area (Å²) in [6.07, 6.45) is 1.42. The van der Waals surface area contributed by atoms with Gasteiger partial charge in [0.05, 0.1) is 5.41 Å². The van der Waals surface area contributed by atoms with Crippen LogP contribution in [0.15, 0.2) is 18.2 Å². The minimum Gasteiger partial charge on any atom is -0.381 e. The number of carbonyl (C=O) groups is 1. The highest BCUT2D eigenvalue weighted by molar-refractivity contribution is 5.83. The zero-order valence-electron chi connectivity index (χ0n) is 11.8. The monoisotopic (exact) mass is 298 g/mol. The fraction of sp³-hybridized carbons (Fsp3) is 0.533. The standard InChI is InChI=1S/C15H20F2N2O2/c16-12-1-2-13(17)11(9-12)3-6-19-14(20)15(10-18)4-7-21-8-5-15/h1-2,9H,3-8,10,18H2,(H,19,20). The summed E-state index contributed by atoms with van der Waals surface area (Å²) in [5, 5.41) is 2.78. The first-order chi connectivity index (χ1) is 10.1. The van der Waals surface area contributed by atoms with Crippen LogP contribution in [-0.4, -0.2) is 32.2 Å². The lowest BCUT2D eigenvalue weighted by molar-refractivity contribution is -0.135. The predicted octanol–water partition coefficient (Wildman–Crippen LogP) is 1.38. The minimum atomic E-state index is -0.598. The Labute approximate surface area is 122 Å². The van der Waals surface area contributed by atoms with Crippen molar-refractivity contribution in [1.82, 2.24) is 5.32 Å². The van der Waals surface area contributed by atoms with Crippen molar-refractivity contribution in [3.63, 3.8) is 0 Å². The highest BCUT2D eigenvalue weighted by Gasteiger charge is 2.38. The van der Waals surface area contributed by atoms with Crippen molar-refractivity contribution in [2.75, 3.05) is 26.3 Å². The van der Waals surface area contributed by atoms with Crippen LogP contribution in [0, 0.1) is 17.0 Å². The lowest BCUT2D eigenvalue weighted by Crippen LogP contribution is -2.49. The number of nitrogens with two attached hydrogens (primary N) is 1. The first-order valence-electron chi connectivity index (χ1n) is 7.07. The summed E-state index contributed by atoms with van der Waals surface area (Å²) in [6.45, 7) is 1.55. The number of carbonyl (C=O) groups excluding carboxylic acids is 1. The first kappa shape index (κ1) is 15.9. The molecule has 0 bridgehead atoms. The summed E-state index contributed by atoms with van der Waals surface area (Å²) in [5.41, 5.74) is 5.40. The molecule has 4 nitrogen and oxygen atoms in total. The smallest absolute Gasteiger partial charge is 0.227 e. The Bertz CT molecular complexity index is 502. The van der Waals surface area contributed by atoms with Gasteiger partial charge in [-0.15, -0.1) is 0 Å². The van der Waals surface area contributed by atoms with Crippen LogP contribution in [0.3, 0.4) is 0 Å². The number of hydrogen-bond acceptors (Lipinski definition) is 3. The van der Waals surface area contributed by atoms with Gasteiger partial charge in [-0.1, -0.05) is 0 Å². The number of rotatable bonds is 5. The Morgan fingerprint density at radius 1 is 1.33 bits per heavy atom. The van der Waals surface area contributed by atoms with E-state index in [1.54, 1.807) is 0 Å². The van der Waals surface area contributed by atoms with Gasteiger partial charge in [-0.25, -0.2) is 8.78 Å². The van der Waals surface area contributed by atoms with Gasteiger partial charge in [0, 0.05) is 26.3 Å². The molecule has 0 aliphatic carbocycles. The van der Waals surface area contributed by atoms with Crippen LogP contribution in [0.2, 0.25) is 0 Å². The Hall–Kier alpha value is -1.53. The zero-order valence-corrected chi connectivity index (χ0v) is 11.8. The minimum absolute atomic E-state index is 0.134.